The molecule has 1 atom stereocenters. The molecule has 0 aliphatic heterocycles. The van der Waals surface area contributed by atoms with E-state index in [9.17, 15) is 12.8 Å². The second kappa shape index (κ2) is 9.53. The molecule has 0 spiro atoms. The molecule has 0 heterocycles. The van der Waals surface area contributed by atoms with Crippen LogP contribution in [0.15, 0.2) is 18.2 Å². The molecule has 1 fully saturated rings. The molecule has 6 heteroatoms. The molecule has 2 rings (SSSR count). The normalized spacial score (nSPS) is 16.9. The fraction of sp³-hybridized carbons (Fsp3) is 0.684. The number of hydrogen-bond donors (Lipinski definition) is 1. The van der Waals surface area contributed by atoms with Crippen molar-refractivity contribution in [2.75, 3.05) is 12.4 Å². The van der Waals surface area contributed by atoms with Crippen LogP contribution in [-0.4, -0.2) is 20.8 Å². The Morgan fingerprint density at radius 1 is 1.28 bits per heavy atom. The Labute approximate surface area is 151 Å². The van der Waals surface area contributed by atoms with Crippen molar-refractivity contribution in [1.29, 1.82) is 0 Å². The van der Waals surface area contributed by atoms with Gasteiger partial charge in [0.15, 0.2) is 11.6 Å². The van der Waals surface area contributed by atoms with E-state index in [0.29, 0.717) is 24.5 Å². The first-order valence-electron chi connectivity index (χ1n) is 9.33. The fourth-order valence-electron chi connectivity index (χ4n) is 3.22. The predicted molar refractivity (Wildman–Crippen MR) is 98.7 cm³/mol. The molecule has 0 unspecified atom stereocenters. The van der Waals surface area contributed by atoms with Crippen molar-refractivity contribution in [1.82, 2.24) is 4.72 Å². The van der Waals surface area contributed by atoms with Crippen LogP contribution in [0.4, 0.5) is 4.39 Å². The zero-order valence-electron chi connectivity index (χ0n) is 15.3. The van der Waals surface area contributed by atoms with Crippen molar-refractivity contribution < 1.29 is 17.5 Å². The fourth-order valence-corrected chi connectivity index (χ4v) is 4.60. The van der Waals surface area contributed by atoms with Gasteiger partial charge in [-0.15, -0.1) is 0 Å². The number of sulfonamides is 1. The third-order valence-electron chi connectivity index (χ3n) is 4.78. The monoisotopic (exact) mass is 371 g/mol. The van der Waals surface area contributed by atoms with E-state index in [0.717, 1.165) is 25.7 Å². The van der Waals surface area contributed by atoms with Gasteiger partial charge < -0.3 is 4.74 Å². The van der Waals surface area contributed by atoms with E-state index in [1.165, 1.54) is 18.9 Å². The standard InChI is InChI=1S/C19H30FNO3S/c1-3-4-7-12-25(22,23)21-15(2)17-10-11-18(20)19(13-17)24-14-16-8-5-6-9-16/h10-11,13,15-16,21H,3-9,12,14H2,1-2H3/t15-/m1/s1. The Morgan fingerprint density at radius 2 is 2.00 bits per heavy atom. The van der Waals surface area contributed by atoms with Crippen LogP contribution in [0.1, 0.15) is 70.4 Å². The van der Waals surface area contributed by atoms with E-state index in [1.807, 2.05) is 6.92 Å². The summed E-state index contributed by atoms with van der Waals surface area (Å²) in [5, 5.41) is 0. The SMILES string of the molecule is CCCCCS(=O)(=O)N[C@H](C)c1ccc(F)c(OCC2CCCC2)c1. The smallest absolute Gasteiger partial charge is 0.212 e. The summed E-state index contributed by atoms with van der Waals surface area (Å²) in [4.78, 5) is 0. The Kier molecular flexibility index (Phi) is 7.69. The molecule has 1 N–H and O–H groups in total. The molecule has 0 amide bonds. The largest absolute Gasteiger partial charge is 0.490 e. The molecule has 1 saturated carbocycles. The van der Waals surface area contributed by atoms with Gasteiger partial charge in [0.2, 0.25) is 10.0 Å². The van der Waals surface area contributed by atoms with Crippen LogP contribution in [-0.2, 0) is 10.0 Å². The maximum Gasteiger partial charge on any atom is 0.212 e. The number of unbranched alkanes of at least 4 members (excludes halogenated alkanes) is 2. The highest BCUT2D eigenvalue weighted by atomic mass is 32.2. The van der Waals surface area contributed by atoms with E-state index in [2.05, 4.69) is 4.72 Å². The number of halogens is 1. The van der Waals surface area contributed by atoms with Gasteiger partial charge in [0.05, 0.1) is 12.4 Å². The molecule has 1 aliphatic rings. The van der Waals surface area contributed by atoms with Gasteiger partial charge in [0, 0.05) is 6.04 Å². The summed E-state index contributed by atoms with van der Waals surface area (Å²) in [5.41, 5.74) is 0.710. The number of rotatable bonds is 10. The maximum atomic E-state index is 14.0. The molecule has 25 heavy (non-hydrogen) atoms. The summed E-state index contributed by atoms with van der Waals surface area (Å²) in [6.07, 6.45) is 7.22. The molecule has 142 valence electrons. The average molecular weight is 372 g/mol. The van der Waals surface area contributed by atoms with Gasteiger partial charge in [0.25, 0.3) is 0 Å². The topological polar surface area (TPSA) is 55.4 Å². The predicted octanol–water partition coefficient (Wildman–Crippen LogP) is 4.57. The van der Waals surface area contributed by atoms with Crippen LogP contribution in [0.3, 0.4) is 0 Å². The third-order valence-corrected chi connectivity index (χ3v) is 6.32. The molecular weight excluding hydrogens is 341 g/mol. The van der Waals surface area contributed by atoms with Crippen molar-refractivity contribution in [2.24, 2.45) is 5.92 Å². The molecule has 1 aromatic rings. The summed E-state index contributed by atoms with van der Waals surface area (Å²) >= 11 is 0. The Hall–Kier alpha value is -1.14. The summed E-state index contributed by atoms with van der Waals surface area (Å²) < 4.78 is 46.6. The zero-order chi connectivity index (χ0) is 18.3. The number of benzene rings is 1. The number of hydrogen-bond acceptors (Lipinski definition) is 3. The van der Waals surface area contributed by atoms with Gasteiger partial charge >= 0.3 is 0 Å². The van der Waals surface area contributed by atoms with Gasteiger partial charge in [-0.05, 0) is 49.8 Å². The second-order valence-electron chi connectivity index (χ2n) is 7.02. The zero-order valence-corrected chi connectivity index (χ0v) is 16.1. The van der Waals surface area contributed by atoms with E-state index < -0.39 is 21.9 Å². The second-order valence-corrected chi connectivity index (χ2v) is 8.89. The molecule has 0 bridgehead atoms. The quantitative estimate of drug-likeness (QED) is 0.613. The lowest BCUT2D eigenvalue weighted by Gasteiger charge is -2.17. The van der Waals surface area contributed by atoms with E-state index in [4.69, 9.17) is 4.74 Å². The van der Waals surface area contributed by atoms with Crippen LogP contribution in [0, 0.1) is 11.7 Å². The Bertz CT molecular complexity index is 642. The van der Waals surface area contributed by atoms with Crippen LogP contribution in [0.25, 0.3) is 0 Å². The molecule has 1 aromatic carbocycles. The molecule has 0 aromatic heterocycles. The van der Waals surface area contributed by atoms with Crippen LogP contribution in [0.5, 0.6) is 5.75 Å². The molecule has 4 nitrogen and oxygen atoms in total. The van der Waals surface area contributed by atoms with Crippen molar-refractivity contribution in [3.63, 3.8) is 0 Å². The summed E-state index contributed by atoms with van der Waals surface area (Å²) in [6, 6.07) is 4.16. The van der Waals surface area contributed by atoms with E-state index in [1.54, 1.807) is 19.1 Å². The van der Waals surface area contributed by atoms with Gasteiger partial charge in [-0.1, -0.05) is 38.7 Å². The lowest BCUT2D eigenvalue weighted by Crippen LogP contribution is -2.29. The van der Waals surface area contributed by atoms with Crippen molar-refractivity contribution >= 4 is 10.0 Å². The highest BCUT2D eigenvalue weighted by molar-refractivity contribution is 7.89. The maximum absolute atomic E-state index is 14.0. The van der Waals surface area contributed by atoms with Crippen molar-refractivity contribution in [2.45, 2.75) is 64.8 Å². The Balaban J connectivity index is 1.96. The summed E-state index contributed by atoms with van der Waals surface area (Å²) in [5.74, 6) is 0.427. The minimum Gasteiger partial charge on any atom is -0.490 e. The first kappa shape index (κ1) is 20.2. The van der Waals surface area contributed by atoms with E-state index >= 15 is 0 Å². The lowest BCUT2D eigenvalue weighted by atomic mass is 10.1. The summed E-state index contributed by atoms with van der Waals surface area (Å²) in [6.45, 7) is 4.33. The number of ether oxygens (including phenoxy) is 1. The van der Waals surface area contributed by atoms with Crippen molar-refractivity contribution in [3.05, 3.63) is 29.6 Å². The molecule has 1 aliphatic carbocycles. The van der Waals surface area contributed by atoms with Crippen LogP contribution >= 0.6 is 0 Å². The molecule has 0 saturated heterocycles. The molecule has 0 radical (unpaired) electrons. The average Bonchev–Trinajstić information content (AvgIpc) is 3.07. The van der Waals surface area contributed by atoms with Crippen LogP contribution in [0.2, 0.25) is 0 Å². The van der Waals surface area contributed by atoms with Gasteiger partial charge in [0.1, 0.15) is 0 Å². The first-order chi connectivity index (χ1) is 11.9. The lowest BCUT2D eigenvalue weighted by molar-refractivity contribution is 0.242. The third kappa shape index (κ3) is 6.59. The first-order valence-corrected chi connectivity index (χ1v) is 11.0. The summed E-state index contributed by atoms with van der Waals surface area (Å²) in [7, 11) is -3.33. The highest BCUT2D eigenvalue weighted by Crippen LogP contribution is 2.28. The van der Waals surface area contributed by atoms with Gasteiger partial charge in [-0.2, -0.15) is 0 Å². The highest BCUT2D eigenvalue weighted by Gasteiger charge is 2.19. The minimum absolute atomic E-state index is 0.122. The van der Waals surface area contributed by atoms with Gasteiger partial charge in [-0.3, -0.25) is 0 Å². The number of nitrogens with one attached hydrogen (secondary N) is 1. The van der Waals surface area contributed by atoms with E-state index in [-0.39, 0.29) is 11.5 Å². The van der Waals surface area contributed by atoms with Crippen LogP contribution < -0.4 is 9.46 Å². The Morgan fingerprint density at radius 3 is 2.68 bits per heavy atom. The van der Waals surface area contributed by atoms with Gasteiger partial charge in [-0.25, -0.2) is 17.5 Å². The minimum atomic E-state index is -3.33. The van der Waals surface area contributed by atoms with Crippen molar-refractivity contribution in [3.8, 4) is 5.75 Å². The molecular formula is C19H30FNO3S.